The maximum Gasteiger partial charge on any atom is 0.255 e. The molecule has 0 bridgehead atoms. The number of carbonyl (C=O) groups is 2. The van der Waals surface area contributed by atoms with E-state index in [9.17, 15) is 14.0 Å². The first-order valence-electron chi connectivity index (χ1n) is 9.47. The zero-order chi connectivity index (χ0) is 20.3. The van der Waals surface area contributed by atoms with Gasteiger partial charge >= 0.3 is 0 Å². The molecule has 3 rings (SSSR count). The van der Waals surface area contributed by atoms with Crippen LogP contribution in [0.25, 0.3) is 0 Å². The van der Waals surface area contributed by atoms with Crippen LogP contribution in [0.3, 0.4) is 0 Å². The Hall–Kier alpha value is -2.34. The van der Waals surface area contributed by atoms with E-state index in [2.05, 4.69) is 5.32 Å². The summed E-state index contributed by atoms with van der Waals surface area (Å²) in [6.45, 7) is 5.91. The van der Waals surface area contributed by atoms with E-state index >= 15 is 0 Å². The number of aryl methyl sites for hydroxylation is 1. The Kier molecular flexibility index (Phi) is 6.39. The highest BCUT2D eigenvalue weighted by atomic mass is 32.2. The summed E-state index contributed by atoms with van der Waals surface area (Å²) in [4.78, 5) is 27.8. The highest BCUT2D eigenvalue weighted by Crippen LogP contribution is 2.42. The van der Waals surface area contributed by atoms with E-state index in [4.69, 9.17) is 0 Å². The van der Waals surface area contributed by atoms with Gasteiger partial charge in [-0.3, -0.25) is 9.59 Å². The molecule has 6 heteroatoms. The number of hydrogen-bond acceptors (Lipinski definition) is 3. The lowest BCUT2D eigenvalue weighted by atomic mass is 10.1. The first-order valence-corrected chi connectivity index (χ1v) is 10.5. The molecule has 3 atom stereocenters. The summed E-state index contributed by atoms with van der Waals surface area (Å²) in [6, 6.07) is 12.9. The van der Waals surface area contributed by atoms with Gasteiger partial charge < -0.3 is 10.2 Å². The Morgan fingerprint density at radius 2 is 1.82 bits per heavy atom. The van der Waals surface area contributed by atoms with Gasteiger partial charge in [-0.1, -0.05) is 36.8 Å². The molecule has 28 heavy (non-hydrogen) atoms. The summed E-state index contributed by atoms with van der Waals surface area (Å²) in [6.07, 6.45) is 0.818. The second kappa shape index (κ2) is 8.78. The summed E-state index contributed by atoms with van der Waals surface area (Å²) in [7, 11) is 0. The van der Waals surface area contributed by atoms with Gasteiger partial charge in [0, 0.05) is 17.4 Å². The molecule has 1 N–H and O–H groups in total. The number of carbonyl (C=O) groups excluding carboxylic acids is 2. The Morgan fingerprint density at radius 1 is 1.18 bits per heavy atom. The van der Waals surface area contributed by atoms with Gasteiger partial charge in [-0.2, -0.15) is 0 Å². The Morgan fingerprint density at radius 3 is 2.43 bits per heavy atom. The molecule has 1 heterocycles. The highest BCUT2D eigenvalue weighted by molar-refractivity contribution is 7.99. The Balaban J connectivity index is 1.93. The van der Waals surface area contributed by atoms with E-state index in [1.165, 1.54) is 23.9 Å². The number of amides is 2. The van der Waals surface area contributed by atoms with E-state index in [0.29, 0.717) is 11.3 Å². The van der Waals surface area contributed by atoms with Crippen LogP contribution in [-0.4, -0.2) is 34.6 Å². The van der Waals surface area contributed by atoms with E-state index in [-0.39, 0.29) is 29.0 Å². The number of nitrogens with one attached hydrogen (secondary N) is 1. The highest BCUT2D eigenvalue weighted by Gasteiger charge is 2.42. The van der Waals surface area contributed by atoms with Crippen molar-refractivity contribution in [3.05, 3.63) is 71.0 Å². The third kappa shape index (κ3) is 4.38. The largest absolute Gasteiger partial charge is 0.352 e. The first-order chi connectivity index (χ1) is 13.4. The smallest absolute Gasteiger partial charge is 0.255 e. The molecule has 1 saturated heterocycles. The zero-order valence-corrected chi connectivity index (χ0v) is 17.1. The summed E-state index contributed by atoms with van der Waals surface area (Å²) in [5.41, 5.74) is 2.42. The van der Waals surface area contributed by atoms with Crippen molar-refractivity contribution in [1.29, 1.82) is 0 Å². The fourth-order valence-corrected chi connectivity index (χ4v) is 4.56. The molecule has 2 aromatic rings. The molecular formula is C22H25FN2O2S. The number of nitrogens with zero attached hydrogens (tertiary/aromatic N) is 1. The van der Waals surface area contributed by atoms with E-state index in [1.54, 1.807) is 29.2 Å². The van der Waals surface area contributed by atoms with Gasteiger partial charge in [-0.25, -0.2) is 4.39 Å². The Bertz CT molecular complexity index is 839. The topological polar surface area (TPSA) is 49.4 Å². The summed E-state index contributed by atoms with van der Waals surface area (Å²) in [5.74, 6) is -0.160. The first kappa shape index (κ1) is 20.4. The van der Waals surface area contributed by atoms with Crippen LogP contribution in [0.15, 0.2) is 48.5 Å². The third-order valence-electron chi connectivity index (χ3n) is 4.99. The average molecular weight is 401 g/mol. The van der Waals surface area contributed by atoms with Crippen LogP contribution in [0.5, 0.6) is 0 Å². The van der Waals surface area contributed by atoms with Crippen molar-refractivity contribution in [2.24, 2.45) is 0 Å². The molecule has 0 aromatic heterocycles. The molecule has 1 aliphatic rings. The minimum atomic E-state index is -0.567. The van der Waals surface area contributed by atoms with Gasteiger partial charge in [-0.05, 0) is 50.1 Å². The molecule has 0 aliphatic carbocycles. The van der Waals surface area contributed by atoms with Crippen molar-refractivity contribution >= 4 is 23.6 Å². The lowest BCUT2D eigenvalue weighted by Gasteiger charge is -2.30. The van der Waals surface area contributed by atoms with Crippen LogP contribution in [0.1, 0.15) is 47.1 Å². The maximum absolute atomic E-state index is 13.4. The lowest BCUT2D eigenvalue weighted by Crippen LogP contribution is -2.49. The van der Waals surface area contributed by atoms with Gasteiger partial charge in [0.05, 0.1) is 0 Å². The second-order valence-corrected chi connectivity index (χ2v) is 8.26. The zero-order valence-electron chi connectivity index (χ0n) is 16.3. The van der Waals surface area contributed by atoms with Gasteiger partial charge in [0.15, 0.2) is 0 Å². The normalized spacial score (nSPS) is 20.1. The van der Waals surface area contributed by atoms with Gasteiger partial charge in [0.1, 0.15) is 17.2 Å². The molecule has 0 spiro atoms. The molecule has 148 valence electrons. The number of halogens is 1. The lowest BCUT2D eigenvalue weighted by molar-refractivity contribution is -0.125. The van der Waals surface area contributed by atoms with Crippen molar-refractivity contribution < 1.29 is 14.0 Å². The van der Waals surface area contributed by atoms with E-state index in [0.717, 1.165) is 17.5 Å². The molecule has 1 aliphatic heterocycles. The minimum Gasteiger partial charge on any atom is -0.352 e. The summed E-state index contributed by atoms with van der Waals surface area (Å²) < 4.78 is 13.4. The molecule has 2 aromatic carbocycles. The fraction of sp³-hybridized carbons (Fsp3) is 0.364. The standard InChI is InChI=1S/C22H25FN2O2S/c1-4-15(3)24-20(26)19-13-28-22(17-9-11-18(23)12-10-17)25(19)21(27)16-7-5-14(2)6-8-16/h5-12,15,19,22H,4,13H2,1-3H3,(H,24,26)/t15-,19+,22-/m1/s1. The predicted molar refractivity (Wildman–Crippen MR) is 111 cm³/mol. The molecule has 2 amide bonds. The quantitative estimate of drug-likeness (QED) is 0.814. The molecular weight excluding hydrogens is 375 g/mol. The minimum absolute atomic E-state index is 0.0405. The number of thioether (sulfide) groups is 1. The number of rotatable bonds is 5. The SMILES string of the molecule is CC[C@@H](C)NC(=O)[C@@H]1CS[C@H](c2ccc(F)cc2)N1C(=O)c1ccc(C)cc1. The van der Waals surface area contributed by atoms with Crippen LogP contribution in [-0.2, 0) is 4.79 Å². The predicted octanol–water partition coefficient (Wildman–Crippen LogP) is 4.31. The monoisotopic (exact) mass is 400 g/mol. The molecule has 0 radical (unpaired) electrons. The summed E-state index contributed by atoms with van der Waals surface area (Å²) >= 11 is 1.53. The molecule has 4 nitrogen and oxygen atoms in total. The van der Waals surface area contributed by atoms with Gasteiger partial charge in [-0.15, -0.1) is 11.8 Å². The van der Waals surface area contributed by atoms with Crippen molar-refractivity contribution in [3.63, 3.8) is 0 Å². The number of hydrogen-bond donors (Lipinski definition) is 1. The fourth-order valence-electron chi connectivity index (χ4n) is 3.13. The average Bonchev–Trinajstić information content (AvgIpc) is 3.13. The maximum atomic E-state index is 13.4. The van der Waals surface area contributed by atoms with Crippen LogP contribution in [0, 0.1) is 12.7 Å². The second-order valence-electron chi connectivity index (χ2n) is 7.15. The van der Waals surface area contributed by atoms with Crippen molar-refractivity contribution in [2.75, 3.05) is 5.75 Å². The van der Waals surface area contributed by atoms with Crippen molar-refractivity contribution in [3.8, 4) is 0 Å². The Labute approximate surface area is 169 Å². The van der Waals surface area contributed by atoms with Crippen LogP contribution < -0.4 is 5.32 Å². The molecule has 1 fully saturated rings. The van der Waals surface area contributed by atoms with E-state index in [1.807, 2.05) is 32.9 Å². The van der Waals surface area contributed by atoms with Crippen LogP contribution in [0.2, 0.25) is 0 Å². The van der Waals surface area contributed by atoms with Crippen LogP contribution in [0.4, 0.5) is 4.39 Å². The van der Waals surface area contributed by atoms with Gasteiger partial charge in [0.25, 0.3) is 5.91 Å². The van der Waals surface area contributed by atoms with Crippen molar-refractivity contribution in [2.45, 2.75) is 44.6 Å². The summed E-state index contributed by atoms with van der Waals surface area (Å²) in [5, 5.41) is 2.66. The van der Waals surface area contributed by atoms with Crippen molar-refractivity contribution in [1.82, 2.24) is 10.2 Å². The van der Waals surface area contributed by atoms with Gasteiger partial charge in [0.2, 0.25) is 5.91 Å². The van der Waals surface area contributed by atoms with Crippen LogP contribution >= 0.6 is 11.8 Å². The number of benzene rings is 2. The molecule has 0 saturated carbocycles. The third-order valence-corrected chi connectivity index (χ3v) is 6.32. The van der Waals surface area contributed by atoms with E-state index < -0.39 is 6.04 Å². The molecule has 0 unspecified atom stereocenters.